The summed E-state index contributed by atoms with van der Waals surface area (Å²) in [7, 11) is 0. The summed E-state index contributed by atoms with van der Waals surface area (Å²) in [5, 5.41) is 11.4. The normalized spacial score (nSPS) is 15.1. The Balaban J connectivity index is 1.90. The maximum Gasteiger partial charge on any atom is 0.460 e. The second kappa shape index (κ2) is 8.58. The van der Waals surface area contributed by atoms with Gasteiger partial charge in [0, 0.05) is 18.1 Å². The molecule has 2 N–H and O–H groups in total. The highest BCUT2D eigenvalue weighted by Gasteiger charge is 2.79. The third kappa shape index (κ3) is 4.89. The molecule has 0 bridgehead atoms. The minimum absolute atomic E-state index is 0.0278. The molecule has 1 aromatic carbocycles. The molecule has 2 aromatic heterocycles. The number of rotatable bonds is 6. The molecule has 2 heterocycles. The Bertz CT molecular complexity index is 1210. The predicted octanol–water partition coefficient (Wildman–Crippen LogP) is 6.40. The fourth-order valence-corrected chi connectivity index (χ4v) is 3.70. The van der Waals surface area contributed by atoms with Crippen molar-refractivity contribution in [1.29, 1.82) is 0 Å². The molecule has 0 aliphatic heterocycles. The van der Waals surface area contributed by atoms with E-state index in [4.69, 9.17) is 0 Å². The summed E-state index contributed by atoms with van der Waals surface area (Å²) in [5.74, 6) is -13.0. The molecule has 190 valence electrons. The van der Waals surface area contributed by atoms with Crippen molar-refractivity contribution in [1.82, 2.24) is 15.0 Å². The average molecular weight is 534 g/mol. The zero-order chi connectivity index (χ0) is 26.4. The van der Waals surface area contributed by atoms with E-state index in [-0.39, 0.29) is 34.4 Å². The van der Waals surface area contributed by atoms with Crippen molar-refractivity contribution in [2.24, 2.45) is 0 Å². The highest BCUT2D eigenvalue weighted by atomic mass is 32.1. The van der Waals surface area contributed by atoms with Crippen LogP contribution in [0, 0.1) is 0 Å². The van der Waals surface area contributed by atoms with Crippen LogP contribution in [0.2, 0.25) is 0 Å². The van der Waals surface area contributed by atoms with Crippen LogP contribution < -0.4 is 5.32 Å². The molecule has 0 amide bonds. The van der Waals surface area contributed by atoms with E-state index in [1.807, 2.05) is 0 Å². The van der Waals surface area contributed by atoms with Gasteiger partial charge in [-0.2, -0.15) is 43.9 Å². The minimum atomic E-state index is -6.65. The molecule has 16 heteroatoms. The second-order valence-corrected chi connectivity index (χ2v) is 8.25. The standard InChI is InChI=1S/C19H12F10N4OS/c1-15(34,17(23,24)18(25,26)19(27,28)29)13-31-8-11(35-13)9-3-2-4-10(7-9)32-14-30-6-5-12(33-14)16(20,21)22/h2-8,34H,1H3,(H,30,32,33). The number of alkyl halides is 10. The van der Waals surface area contributed by atoms with E-state index in [9.17, 15) is 49.0 Å². The molecule has 0 spiro atoms. The molecule has 0 saturated carbocycles. The van der Waals surface area contributed by atoms with Gasteiger partial charge in [-0.05, 0) is 30.7 Å². The van der Waals surface area contributed by atoms with E-state index < -0.39 is 46.4 Å². The molecule has 0 fully saturated rings. The van der Waals surface area contributed by atoms with Gasteiger partial charge in [-0.15, -0.1) is 11.3 Å². The van der Waals surface area contributed by atoms with E-state index >= 15 is 0 Å². The number of aromatic nitrogens is 3. The molecule has 0 aliphatic rings. The third-order valence-electron chi connectivity index (χ3n) is 4.63. The summed E-state index contributed by atoms with van der Waals surface area (Å²) in [4.78, 5) is 10.3. The Kier molecular flexibility index (Phi) is 6.52. The molecule has 0 radical (unpaired) electrons. The lowest BCUT2D eigenvalue weighted by Gasteiger charge is -2.36. The van der Waals surface area contributed by atoms with Crippen molar-refractivity contribution in [3.05, 3.63) is 53.4 Å². The van der Waals surface area contributed by atoms with Crippen LogP contribution in [0.5, 0.6) is 0 Å². The molecule has 35 heavy (non-hydrogen) atoms. The first-order valence-corrected chi connectivity index (χ1v) is 9.98. The predicted molar refractivity (Wildman–Crippen MR) is 103 cm³/mol. The molecule has 1 atom stereocenters. The smallest absolute Gasteiger partial charge is 0.377 e. The zero-order valence-electron chi connectivity index (χ0n) is 17.0. The lowest BCUT2D eigenvalue weighted by Crippen LogP contribution is -2.61. The zero-order valence-corrected chi connectivity index (χ0v) is 17.8. The van der Waals surface area contributed by atoms with Crippen LogP contribution in [0.15, 0.2) is 42.7 Å². The van der Waals surface area contributed by atoms with Crippen LogP contribution in [0.4, 0.5) is 55.5 Å². The summed E-state index contributed by atoms with van der Waals surface area (Å²) < 4.78 is 131. The van der Waals surface area contributed by atoms with Crippen molar-refractivity contribution < 1.29 is 49.0 Å². The number of halogens is 10. The monoisotopic (exact) mass is 534 g/mol. The average Bonchev–Trinajstić information content (AvgIpc) is 3.24. The highest BCUT2D eigenvalue weighted by molar-refractivity contribution is 7.15. The SMILES string of the molecule is CC(O)(c1ncc(-c2cccc(Nc3nccc(C(F)(F)F)n3)c2)s1)C(F)(F)C(F)(F)C(F)(F)F. The Morgan fingerprint density at radius 2 is 1.54 bits per heavy atom. The number of anilines is 2. The summed E-state index contributed by atoms with van der Waals surface area (Å²) in [6, 6.07) is 6.04. The van der Waals surface area contributed by atoms with Gasteiger partial charge >= 0.3 is 24.2 Å². The first kappa shape index (κ1) is 26.6. The number of aliphatic hydroxyl groups is 1. The van der Waals surface area contributed by atoms with Crippen LogP contribution in [0.3, 0.4) is 0 Å². The van der Waals surface area contributed by atoms with Crippen molar-refractivity contribution in [3.8, 4) is 10.4 Å². The maximum absolute atomic E-state index is 14.1. The topological polar surface area (TPSA) is 70.9 Å². The molecule has 3 aromatic rings. The lowest BCUT2D eigenvalue weighted by atomic mass is 9.92. The summed E-state index contributed by atoms with van der Waals surface area (Å²) in [6.07, 6.45) is -9.67. The van der Waals surface area contributed by atoms with Gasteiger partial charge in [0.25, 0.3) is 0 Å². The minimum Gasteiger partial charge on any atom is -0.377 e. The van der Waals surface area contributed by atoms with Gasteiger partial charge < -0.3 is 10.4 Å². The first-order valence-electron chi connectivity index (χ1n) is 9.16. The van der Waals surface area contributed by atoms with Gasteiger partial charge in [-0.25, -0.2) is 15.0 Å². The molecular weight excluding hydrogens is 522 g/mol. The van der Waals surface area contributed by atoms with Crippen molar-refractivity contribution in [2.75, 3.05) is 5.32 Å². The lowest BCUT2D eigenvalue weighted by molar-refractivity contribution is -0.388. The molecular formula is C19H12F10N4OS. The molecule has 5 nitrogen and oxygen atoms in total. The van der Waals surface area contributed by atoms with Gasteiger partial charge in [0.1, 0.15) is 10.7 Å². The van der Waals surface area contributed by atoms with E-state index in [0.29, 0.717) is 6.07 Å². The number of nitrogens with one attached hydrogen (secondary N) is 1. The second-order valence-electron chi connectivity index (χ2n) is 7.22. The van der Waals surface area contributed by atoms with Crippen molar-refractivity contribution >= 4 is 23.0 Å². The van der Waals surface area contributed by atoms with Gasteiger partial charge in [-0.1, -0.05) is 12.1 Å². The summed E-state index contributed by atoms with van der Waals surface area (Å²) in [5.41, 5.74) is -4.95. The number of thiazole rings is 1. The molecule has 3 rings (SSSR count). The number of benzene rings is 1. The third-order valence-corrected chi connectivity index (χ3v) is 5.89. The first-order chi connectivity index (χ1) is 15.9. The van der Waals surface area contributed by atoms with Crippen LogP contribution in [-0.4, -0.2) is 38.1 Å². The van der Waals surface area contributed by atoms with Gasteiger partial charge in [0.05, 0.1) is 4.88 Å². The van der Waals surface area contributed by atoms with Gasteiger partial charge in [0.2, 0.25) is 5.95 Å². The Morgan fingerprint density at radius 3 is 2.14 bits per heavy atom. The summed E-state index contributed by atoms with van der Waals surface area (Å²) >= 11 is 0.218. The van der Waals surface area contributed by atoms with Crippen molar-refractivity contribution in [2.45, 2.75) is 36.7 Å². The number of hydrogen-bond acceptors (Lipinski definition) is 6. The Hall–Kier alpha value is -3.01. The maximum atomic E-state index is 14.1. The molecule has 0 aliphatic carbocycles. The van der Waals surface area contributed by atoms with Gasteiger partial charge in [-0.3, -0.25) is 0 Å². The van der Waals surface area contributed by atoms with Gasteiger partial charge in [0.15, 0.2) is 5.60 Å². The highest BCUT2D eigenvalue weighted by Crippen LogP contribution is 2.54. The quantitative estimate of drug-likeness (QED) is 0.358. The van der Waals surface area contributed by atoms with E-state index in [1.54, 1.807) is 0 Å². The summed E-state index contributed by atoms with van der Waals surface area (Å²) in [6.45, 7) is 0.0816. The Labute approximate surface area is 193 Å². The fourth-order valence-electron chi connectivity index (χ4n) is 2.71. The fraction of sp³-hybridized carbons (Fsp3) is 0.316. The van der Waals surface area contributed by atoms with E-state index in [0.717, 1.165) is 12.4 Å². The van der Waals surface area contributed by atoms with E-state index in [2.05, 4.69) is 20.3 Å². The van der Waals surface area contributed by atoms with Crippen molar-refractivity contribution in [3.63, 3.8) is 0 Å². The Morgan fingerprint density at radius 1 is 0.886 bits per heavy atom. The van der Waals surface area contributed by atoms with E-state index in [1.165, 1.54) is 24.3 Å². The van der Waals surface area contributed by atoms with Crippen LogP contribution in [0.1, 0.15) is 17.6 Å². The molecule has 0 saturated heterocycles. The number of hydrogen-bond donors (Lipinski definition) is 2. The number of nitrogens with zero attached hydrogens (tertiary/aromatic N) is 3. The van der Waals surface area contributed by atoms with Crippen LogP contribution >= 0.6 is 11.3 Å². The largest absolute Gasteiger partial charge is 0.460 e. The van der Waals surface area contributed by atoms with Crippen LogP contribution in [0.25, 0.3) is 10.4 Å². The molecule has 1 unspecified atom stereocenters. The van der Waals surface area contributed by atoms with Crippen LogP contribution in [-0.2, 0) is 11.8 Å².